The van der Waals surface area contributed by atoms with Gasteiger partial charge in [-0.25, -0.2) is 8.42 Å². The molecule has 0 spiro atoms. The highest BCUT2D eigenvalue weighted by molar-refractivity contribution is 7.92. The average Bonchev–Trinajstić information content (AvgIpc) is 2.63. The number of anilines is 1. The fourth-order valence-corrected chi connectivity index (χ4v) is 5.42. The summed E-state index contributed by atoms with van der Waals surface area (Å²) >= 11 is 0. The number of ketones is 1. The predicted octanol–water partition coefficient (Wildman–Crippen LogP) is 4.66. The number of Topliss-reactive ketones (excluding diaryl/α,β-unsaturated/α-hetero) is 1. The molecule has 0 N–H and O–H groups in total. The monoisotopic (exact) mass is 407 g/mol. The van der Waals surface area contributed by atoms with Gasteiger partial charge in [-0.2, -0.15) is 0 Å². The van der Waals surface area contributed by atoms with Crippen LogP contribution in [0, 0.1) is 11.8 Å². The van der Waals surface area contributed by atoms with Gasteiger partial charge in [-0.05, 0) is 83.9 Å². The van der Waals surface area contributed by atoms with Crippen LogP contribution >= 0.6 is 0 Å². The van der Waals surface area contributed by atoms with Gasteiger partial charge < -0.3 is 4.90 Å². The number of benzene rings is 1. The van der Waals surface area contributed by atoms with E-state index in [1.165, 1.54) is 5.69 Å². The first kappa shape index (κ1) is 22.9. The Morgan fingerprint density at radius 1 is 1.00 bits per heavy atom. The summed E-state index contributed by atoms with van der Waals surface area (Å²) in [5.41, 5.74) is 2.26. The molecule has 158 valence electrons. The van der Waals surface area contributed by atoms with Crippen LogP contribution in [0.5, 0.6) is 0 Å². The third kappa shape index (κ3) is 5.82. The lowest BCUT2D eigenvalue weighted by Crippen LogP contribution is -2.35. The van der Waals surface area contributed by atoms with Crippen LogP contribution in [-0.4, -0.2) is 37.8 Å². The molecule has 0 amide bonds. The third-order valence-electron chi connectivity index (χ3n) is 6.13. The highest BCUT2D eigenvalue weighted by Gasteiger charge is 2.34. The normalized spacial score (nSPS) is 20.8. The van der Waals surface area contributed by atoms with Crippen LogP contribution in [0.25, 0.3) is 0 Å². The maximum Gasteiger partial charge on any atom is 0.155 e. The summed E-state index contributed by atoms with van der Waals surface area (Å²) in [6.07, 6.45) is 3.80. The Bertz CT molecular complexity index is 735. The van der Waals surface area contributed by atoms with Crippen LogP contribution < -0.4 is 4.90 Å². The van der Waals surface area contributed by atoms with Gasteiger partial charge in [0.15, 0.2) is 9.84 Å². The second-order valence-electron chi connectivity index (χ2n) is 9.09. The molecule has 28 heavy (non-hydrogen) atoms. The standard InChI is InChI=1S/C23H37NO3S/c1-6-24(7-2)21-14-10-18(11-15-21)16-22(25)20-12-8-19(9-13-20)17-28(26,27)23(3,4)5/h10-11,14-15,19-20H,6-9,12-13,16-17H2,1-5H3. The van der Waals surface area contributed by atoms with E-state index in [0.29, 0.717) is 12.2 Å². The smallest absolute Gasteiger partial charge is 0.155 e. The summed E-state index contributed by atoms with van der Waals surface area (Å²) in [6, 6.07) is 8.33. The molecule has 5 heteroatoms. The van der Waals surface area contributed by atoms with Gasteiger partial charge in [-0.1, -0.05) is 12.1 Å². The van der Waals surface area contributed by atoms with Crippen molar-refractivity contribution in [2.24, 2.45) is 11.8 Å². The van der Waals surface area contributed by atoms with E-state index in [4.69, 9.17) is 0 Å². The Hall–Kier alpha value is -1.36. The first-order valence-electron chi connectivity index (χ1n) is 10.7. The molecule has 0 aromatic heterocycles. The fourth-order valence-electron chi connectivity index (χ4n) is 3.97. The molecule has 1 fully saturated rings. The summed E-state index contributed by atoms with van der Waals surface area (Å²) in [7, 11) is -3.09. The number of hydrogen-bond donors (Lipinski definition) is 0. The molecule has 1 aromatic rings. The van der Waals surface area contributed by atoms with Crippen molar-refractivity contribution < 1.29 is 13.2 Å². The Morgan fingerprint density at radius 2 is 1.54 bits per heavy atom. The second kappa shape index (κ2) is 9.43. The van der Waals surface area contributed by atoms with Gasteiger partial charge in [0, 0.05) is 31.1 Å². The van der Waals surface area contributed by atoms with Gasteiger partial charge in [0.2, 0.25) is 0 Å². The van der Waals surface area contributed by atoms with E-state index in [1.54, 1.807) is 20.8 Å². The minimum atomic E-state index is -3.09. The average molecular weight is 408 g/mol. The fraction of sp³-hybridized carbons (Fsp3) is 0.696. The number of hydrogen-bond acceptors (Lipinski definition) is 4. The van der Waals surface area contributed by atoms with Crippen LogP contribution in [0.3, 0.4) is 0 Å². The van der Waals surface area contributed by atoms with Crippen LogP contribution in [-0.2, 0) is 21.1 Å². The lowest BCUT2D eigenvalue weighted by atomic mass is 9.79. The predicted molar refractivity (Wildman–Crippen MR) is 118 cm³/mol. The van der Waals surface area contributed by atoms with E-state index in [1.807, 2.05) is 0 Å². The molecule has 0 heterocycles. The van der Waals surface area contributed by atoms with Crippen molar-refractivity contribution in [1.82, 2.24) is 0 Å². The molecular weight excluding hydrogens is 370 g/mol. The van der Waals surface area contributed by atoms with Gasteiger partial charge >= 0.3 is 0 Å². The first-order valence-corrected chi connectivity index (χ1v) is 12.3. The van der Waals surface area contributed by atoms with E-state index < -0.39 is 14.6 Å². The maximum atomic E-state index is 12.7. The lowest BCUT2D eigenvalue weighted by molar-refractivity contribution is -0.123. The first-order chi connectivity index (χ1) is 13.1. The molecule has 0 radical (unpaired) electrons. The summed E-state index contributed by atoms with van der Waals surface area (Å²) < 4.78 is 24.2. The molecule has 0 bridgehead atoms. The van der Waals surface area contributed by atoms with Gasteiger partial charge in [-0.15, -0.1) is 0 Å². The minimum Gasteiger partial charge on any atom is -0.372 e. The quantitative estimate of drug-likeness (QED) is 0.629. The SMILES string of the molecule is CCN(CC)c1ccc(CC(=O)C2CCC(CS(=O)(=O)C(C)(C)C)CC2)cc1. The summed E-state index contributed by atoms with van der Waals surface area (Å²) in [4.78, 5) is 15.0. The van der Waals surface area contributed by atoms with Gasteiger partial charge in [-0.3, -0.25) is 4.79 Å². The number of carbonyl (C=O) groups excluding carboxylic acids is 1. The Labute approximate surface area is 171 Å². The Balaban J connectivity index is 1.87. The van der Waals surface area contributed by atoms with E-state index in [2.05, 4.69) is 43.0 Å². The minimum absolute atomic E-state index is 0.0797. The summed E-state index contributed by atoms with van der Waals surface area (Å²) in [5, 5.41) is 0. The van der Waals surface area contributed by atoms with Gasteiger partial charge in [0.05, 0.1) is 10.5 Å². The zero-order chi connectivity index (χ0) is 20.9. The molecule has 0 unspecified atom stereocenters. The lowest BCUT2D eigenvalue weighted by Gasteiger charge is -2.30. The van der Waals surface area contributed by atoms with Crippen molar-refractivity contribution in [2.75, 3.05) is 23.7 Å². The Kier molecular flexibility index (Phi) is 7.72. The highest BCUT2D eigenvalue weighted by atomic mass is 32.2. The van der Waals surface area contributed by atoms with Crippen molar-refractivity contribution in [3.63, 3.8) is 0 Å². The van der Waals surface area contributed by atoms with Gasteiger partial charge in [0.1, 0.15) is 5.78 Å². The van der Waals surface area contributed by atoms with Crippen LogP contribution in [0.15, 0.2) is 24.3 Å². The molecule has 1 aliphatic carbocycles. The molecule has 0 aliphatic heterocycles. The molecule has 1 saturated carbocycles. The zero-order valence-corrected chi connectivity index (χ0v) is 19.0. The summed E-state index contributed by atoms with van der Waals surface area (Å²) in [5.74, 6) is 0.829. The van der Waals surface area contributed by atoms with E-state index in [9.17, 15) is 13.2 Å². The van der Waals surface area contributed by atoms with Crippen molar-refractivity contribution in [2.45, 2.75) is 71.5 Å². The number of carbonyl (C=O) groups is 1. The number of rotatable bonds is 8. The van der Waals surface area contributed by atoms with Crippen LogP contribution in [0.4, 0.5) is 5.69 Å². The zero-order valence-electron chi connectivity index (χ0n) is 18.2. The molecule has 1 aromatic carbocycles. The largest absolute Gasteiger partial charge is 0.372 e. The van der Waals surface area contributed by atoms with Gasteiger partial charge in [0.25, 0.3) is 0 Å². The molecule has 0 atom stereocenters. The van der Waals surface area contributed by atoms with Crippen LogP contribution in [0.1, 0.15) is 65.9 Å². The maximum absolute atomic E-state index is 12.7. The van der Waals surface area contributed by atoms with E-state index in [-0.39, 0.29) is 17.6 Å². The topological polar surface area (TPSA) is 54.5 Å². The molecule has 4 nitrogen and oxygen atoms in total. The van der Waals surface area contributed by atoms with Crippen molar-refractivity contribution in [1.29, 1.82) is 0 Å². The summed E-state index contributed by atoms with van der Waals surface area (Å²) in [6.45, 7) is 11.5. The molecule has 1 aliphatic rings. The number of sulfone groups is 1. The van der Waals surface area contributed by atoms with Crippen molar-refractivity contribution in [3.8, 4) is 0 Å². The molecule has 2 rings (SSSR count). The molecule has 0 saturated heterocycles. The molecular formula is C23H37NO3S. The van der Waals surface area contributed by atoms with E-state index >= 15 is 0 Å². The van der Waals surface area contributed by atoms with Crippen molar-refractivity contribution in [3.05, 3.63) is 29.8 Å². The Morgan fingerprint density at radius 3 is 2.00 bits per heavy atom. The second-order valence-corrected chi connectivity index (χ2v) is 11.9. The van der Waals surface area contributed by atoms with Crippen LogP contribution in [0.2, 0.25) is 0 Å². The van der Waals surface area contributed by atoms with E-state index in [0.717, 1.165) is 44.3 Å². The van der Waals surface area contributed by atoms with Crippen molar-refractivity contribution >= 4 is 21.3 Å². The third-order valence-corrected chi connectivity index (χ3v) is 8.91. The number of nitrogens with zero attached hydrogens (tertiary/aromatic N) is 1. The highest BCUT2D eigenvalue weighted by Crippen LogP contribution is 2.33.